The second-order valence-electron chi connectivity index (χ2n) is 6.10. The van der Waals surface area contributed by atoms with Gasteiger partial charge in [0.05, 0.1) is 0 Å². The maximum absolute atomic E-state index is 9.65. The average molecular weight is 241 g/mol. The lowest BCUT2D eigenvalue weighted by molar-refractivity contribution is 0.0590. The Morgan fingerprint density at radius 3 is 2.59 bits per heavy atom. The van der Waals surface area contributed by atoms with Crippen molar-refractivity contribution in [2.75, 3.05) is 19.7 Å². The molecule has 1 N–H and O–H groups in total. The minimum Gasteiger partial charge on any atom is -0.396 e. The molecule has 0 aromatic carbocycles. The quantitative estimate of drug-likeness (QED) is 0.770. The van der Waals surface area contributed by atoms with Crippen LogP contribution in [0.15, 0.2) is 0 Å². The van der Waals surface area contributed by atoms with Crippen LogP contribution in [0.2, 0.25) is 0 Å². The minimum absolute atomic E-state index is 0.104. The molecule has 2 heteroatoms. The van der Waals surface area contributed by atoms with Gasteiger partial charge >= 0.3 is 0 Å². The van der Waals surface area contributed by atoms with E-state index in [0.29, 0.717) is 6.61 Å². The molecule has 0 aromatic rings. The SMILES string of the molecule is CCCC(C)(CO)CN1CCCCCC1CC. The lowest BCUT2D eigenvalue weighted by Gasteiger charge is -2.37. The van der Waals surface area contributed by atoms with Crippen molar-refractivity contribution in [1.82, 2.24) is 4.90 Å². The largest absolute Gasteiger partial charge is 0.396 e. The number of aliphatic hydroxyl groups excluding tert-OH is 1. The zero-order valence-electron chi connectivity index (χ0n) is 12.0. The smallest absolute Gasteiger partial charge is 0.0497 e. The zero-order chi connectivity index (χ0) is 12.7. The molecular formula is C15H31NO. The van der Waals surface area contributed by atoms with Crippen LogP contribution >= 0.6 is 0 Å². The fourth-order valence-electron chi connectivity index (χ4n) is 3.21. The van der Waals surface area contributed by atoms with Crippen molar-refractivity contribution in [3.63, 3.8) is 0 Å². The molecule has 2 atom stereocenters. The van der Waals surface area contributed by atoms with Crippen LogP contribution in [0.25, 0.3) is 0 Å². The summed E-state index contributed by atoms with van der Waals surface area (Å²) in [5.41, 5.74) is 0.104. The second kappa shape index (κ2) is 7.38. The minimum atomic E-state index is 0.104. The highest BCUT2D eigenvalue weighted by Crippen LogP contribution is 2.28. The van der Waals surface area contributed by atoms with Crippen LogP contribution in [0.1, 0.15) is 65.7 Å². The molecule has 0 aromatic heterocycles. The third-order valence-electron chi connectivity index (χ3n) is 4.29. The van der Waals surface area contributed by atoms with E-state index in [-0.39, 0.29) is 5.41 Å². The monoisotopic (exact) mass is 241 g/mol. The van der Waals surface area contributed by atoms with Gasteiger partial charge in [-0.3, -0.25) is 4.90 Å². The Morgan fingerprint density at radius 2 is 2.00 bits per heavy atom. The number of nitrogens with zero attached hydrogens (tertiary/aromatic N) is 1. The maximum atomic E-state index is 9.65. The van der Waals surface area contributed by atoms with Gasteiger partial charge in [-0.05, 0) is 32.2 Å². The summed E-state index contributed by atoms with van der Waals surface area (Å²) in [5, 5.41) is 9.65. The van der Waals surface area contributed by atoms with E-state index < -0.39 is 0 Å². The van der Waals surface area contributed by atoms with Crippen molar-refractivity contribution in [3.8, 4) is 0 Å². The molecule has 0 saturated carbocycles. The molecule has 0 amide bonds. The molecule has 1 fully saturated rings. The summed E-state index contributed by atoms with van der Waals surface area (Å²) >= 11 is 0. The van der Waals surface area contributed by atoms with Crippen molar-refractivity contribution in [3.05, 3.63) is 0 Å². The van der Waals surface area contributed by atoms with Gasteiger partial charge in [-0.25, -0.2) is 0 Å². The van der Waals surface area contributed by atoms with Crippen molar-refractivity contribution in [2.45, 2.75) is 71.8 Å². The molecule has 2 nitrogen and oxygen atoms in total. The van der Waals surface area contributed by atoms with Crippen molar-refractivity contribution in [1.29, 1.82) is 0 Å². The molecule has 0 radical (unpaired) electrons. The Bertz CT molecular complexity index is 207. The van der Waals surface area contributed by atoms with Crippen molar-refractivity contribution < 1.29 is 5.11 Å². The number of hydrogen-bond acceptors (Lipinski definition) is 2. The molecule has 0 aliphatic carbocycles. The first-order valence-corrected chi connectivity index (χ1v) is 7.50. The summed E-state index contributed by atoms with van der Waals surface area (Å²) < 4.78 is 0. The van der Waals surface area contributed by atoms with Crippen LogP contribution in [0.4, 0.5) is 0 Å². The molecule has 17 heavy (non-hydrogen) atoms. The zero-order valence-corrected chi connectivity index (χ0v) is 12.0. The van der Waals surface area contributed by atoms with E-state index in [1.54, 1.807) is 0 Å². The molecule has 2 unspecified atom stereocenters. The number of aliphatic hydroxyl groups is 1. The summed E-state index contributed by atoms with van der Waals surface area (Å²) in [4.78, 5) is 2.65. The van der Waals surface area contributed by atoms with E-state index in [1.807, 2.05) is 0 Å². The molecule has 1 rings (SSSR count). The third kappa shape index (κ3) is 4.59. The van der Waals surface area contributed by atoms with E-state index in [9.17, 15) is 5.11 Å². The molecule has 102 valence electrons. The second-order valence-corrected chi connectivity index (χ2v) is 6.10. The Morgan fingerprint density at radius 1 is 1.24 bits per heavy atom. The first-order valence-electron chi connectivity index (χ1n) is 7.50. The predicted molar refractivity (Wildman–Crippen MR) is 74.2 cm³/mol. The van der Waals surface area contributed by atoms with Gasteiger partial charge in [-0.2, -0.15) is 0 Å². The van der Waals surface area contributed by atoms with Gasteiger partial charge in [0.2, 0.25) is 0 Å². The highest BCUT2D eigenvalue weighted by Gasteiger charge is 2.29. The maximum Gasteiger partial charge on any atom is 0.0497 e. The summed E-state index contributed by atoms with van der Waals surface area (Å²) in [6.07, 6.45) is 9.02. The molecule has 1 saturated heterocycles. The Kier molecular flexibility index (Phi) is 6.50. The lowest BCUT2D eigenvalue weighted by Crippen LogP contribution is -2.43. The van der Waals surface area contributed by atoms with E-state index >= 15 is 0 Å². The van der Waals surface area contributed by atoms with E-state index in [2.05, 4.69) is 25.7 Å². The molecule has 1 aliphatic heterocycles. The van der Waals surface area contributed by atoms with Crippen LogP contribution in [0.5, 0.6) is 0 Å². The van der Waals surface area contributed by atoms with Crippen LogP contribution in [0, 0.1) is 5.41 Å². The van der Waals surface area contributed by atoms with Crippen LogP contribution in [-0.4, -0.2) is 35.7 Å². The predicted octanol–water partition coefficient (Wildman–Crippen LogP) is 3.44. The summed E-state index contributed by atoms with van der Waals surface area (Å²) in [7, 11) is 0. The Balaban J connectivity index is 2.61. The molecule has 1 aliphatic rings. The first-order chi connectivity index (χ1) is 8.15. The molecule has 0 bridgehead atoms. The fraction of sp³-hybridized carbons (Fsp3) is 1.00. The fourth-order valence-corrected chi connectivity index (χ4v) is 3.21. The molecule has 1 heterocycles. The van der Waals surface area contributed by atoms with Crippen LogP contribution < -0.4 is 0 Å². The van der Waals surface area contributed by atoms with E-state index in [0.717, 1.165) is 19.0 Å². The lowest BCUT2D eigenvalue weighted by atomic mass is 9.85. The van der Waals surface area contributed by atoms with Crippen LogP contribution in [-0.2, 0) is 0 Å². The number of rotatable bonds is 6. The summed E-state index contributed by atoms with van der Waals surface area (Å²) in [6, 6.07) is 0.750. The highest BCUT2D eigenvalue weighted by atomic mass is 16.3. The standard InChI is InChI=1S/C15H31NO/c1-4-10-15(3,13-17)12-16-11-8-6-7-9-14(16)5-2/h14,17H,4-13H2,1-3H3. The van der Waals surface area contributed by atoms with Gasteiger partial charge in [-0.1, -0.05) is 40.0 Å². The van der Waals surface area contributed by atoms with E-state index in [1.165, 1.54) is 45.1 Å². The Hall–Kier alpha value is -0.0800. The van der Waals surface area contributed by atoms with Gasteiger partial charge in [0, 0.05) is 24.6 Å². The van der Waals surface area contributed by atoms with E-state index in [4.69, 9.17) is 0 Å². The molecule has 0 spiro atoms. The van der Waals surface area contributed by atoms with Crippen LogP contribution in [0.3, 0.4) is 0 Å². The normalized spacial score (nSPS) is 26.5. The average Bonchev–Trinajstić information content (AvgIpc) is 2.54. The molecular weight excluding hydrogens is 210 g/mol. The van der Waals surface area contributed by atoms with Crippen molar-refractivity contribution >= 4 is 0 Å². The van der Waals surface area contributed by atoms with Gasteiger partial charge in [0.25, 0.3) is 0 Å². The third-order valence-corrected chi connectivity index (χ3v) is 4.29. The Labute approximate surface area is 107 Å². The number of likely N-dealkylation sites (tertiary alicyclic amines) is 1. The highest BCUT2D eigenvalue weighted by molar-refractivity contribution is 4.82. The summed E-state index contributed by atoms with van der Waals surface area (Å²) in [5.74, 6) is 0. The number of hydrogen-bond donors (Lipinski definition) is 1. The van der Waals surface area contributed by atoms with Crippen molar-refractivity contribution in [2.24, 2.45) is 5.41 Å². The van der Waals surface area contributed by atoms with Gasteiger partial charge in [0.15, 0.2) is 0 Å². The topological polar surface area (TPSA) is 23.5 Å². The summed E-state index contributed by atoms with van der Waals surface area (Å²) in [6.45, 7) is 9.41. The van der Waals surface area contributed by atoms with Gasteiger partial charge in [0.1, 0.15) is 0 Å². The van der Waals surface area contributed by atoms with Gasteiger partial charge in [-0.15, -0.1) is 0 Å². The first kappa shape index (κ1) is 15.0. The van der Waals surface area contributed by atoms with Gasteiger partial charge < -0.3 is 5.11 Å².